The number of aromatic nitrogens is 2. The van der Waals surface area contributed by atoms with E-state index in [2.05, 4.69) is 15.7 Å². The summed E-state index contributed by atoms with van der Waals surface area (Å²) < 4.78 is 1.42. The van der Waals surface area contributed by atoms with Crippen molar-refractivity contribution in [2.75, 3.05) is 5.32 Å². The minimum atomic E-state index is -0.236. The molecular formula is C20H18N4O2. The fourth-order valence-corrected chi connectivity index (χ4v) is 3.08. The molecule has 4 rings (SSSR count). The maximum atomic E-state index is 12.7. The normalized spacial score (nSPS) is 12.6. The third-order valence-corrected chi connectivity index (χ3v) is 4.39. The number of carbonyl (C=O) groups excluding carboxylic acids is 2. The highest BCUT2D eigenvalue weighted by Gasteiger charge is 2.26. The Kier molecular flexibility index (Phi) is 4.33. The van der Waals surface area contributed by atoms with Gasteiger partial charge in [0.2, 0.25) is 0 Å². The number of rotatable bonds is 4. The second-order valence-electron chi connectivity index (χ2n) is 6.17. The molecule has 6 heteroatoms. The van der Waals surface area contributed by atoms with Crippen LogP contribution in [-0.4, -0.2) is 21.6 Å². The van der Waals surface area contributed by atoms with Gasteiger partial charge in [-0.1, -0.05) is 48.5 Å². The van der Waals surface area contributed by atoms with Crippen LogP contribution in [0.2, 0.25) is 0 Å². The molecule has 0 saturated heterocycles. The number of amides is 1. The van der Waals surface area contributed by atoms with Crippen molar-refractivity contribution >= 4 is 17.6 Å². The van der Waals surface area contributed by atoms with Gasteiger partial charge in [-0.15, -0.1) is 5.10 Å². The third kappa shape index (κ3) is 3.14. The Morgan fingerprint density at radius 1 is 1.00 bits per heavy atom. The van der Waals surface area contributed by atoms with Crippen LogP contribution in [0.5, 0.6) is 0 Å². The van der Waals surface area contributed by atoms with Crippen LogP contribution < -0.4 is 10.6 Å². The van der Waals surface area contributed by atoms with E-state index in [-0.39, 0.29) is 18.2 Å². The molecule has 0 bridgehead atoms. The van der Waals surface area contributed by atoms with Crippen molar-refractivity contribution in [3.8, 4) is 0 Å². The van der Waals surface area contributed by atoms with E-state index < -0.39 is 0 Å². The molecule has 6 nitrogen and oxygen atoms in total. The lowest BCUT2D eigenvalue weighted by Crippen LogP contribution is -2.20. The smallest absolute Gasteiger partial charge is 0.256 e. The number of fused-ring (bicyclic) bond motifs is 1. The van der Waals surface area contributed by atoms with Gasteiger partial charge in [-0.3, -0.25) is 9.59 Å². The van der Waals surface area contributed by atoms with Crippen LogP contribution >= 0.6 is 0 Å². The lowest BCUT2D eigenvalue weighted by molar-refractivity contribution is 0.0893. The quantitative estimate of drug-likeness (QED) is 0.761. The number of anilines is 1. The highest BCUT2D eigenvalue weighted by molar-refractivity contribution is 6.04. The zero-order valence-electron chi connectivity index (χ0n) is 14.1. The summed E-state index contributed by atoms with van der Waals surface area (Å²) in [5, 5.41) is 10.4. The molecule has 0 spiro atoms. The summed E-state index contributed by atoms with van der Waals surface area (Å²) in [4.78, 5) is 25.1. The standard InChI is InChI=1S/C20H18N4O2/c25-18(11-14-7-3-1-4-8-14)24-17-13-21-12-16(17)19(23-24)22-20(26)15-9-5-2-6-10-15/h1-10,21H,11-13H2,(H,22,23,26). The van der Waals surface area contributed by atoms with Gasteiger partial charge in [0, 0.05) is 24.2 Å². The Balaban J connectivity index is 1.59. The predicted molar refractivity (Wildman–Crippen MR) is 97.9 cm³/mol. The highest BCUT2D eigenvalue weighted by atomic mass is 16.2. The Bertz CT molecular complexity index is 949. The monoisotopic (exact) mass is 346 g/mol. The molecule has 2 heterocycles. The molecule has 2 N–H and O–H groups in total. The molecule has 2 aromatic carbocycles. The van der Waals surface area contributed by atoms with Crippen molar-refractivity contribution < 1.29 is 9.59 Å². The minimum Gasteiger partial charge on any atom is -0.307 e. The molecule has 1 aliphatic heterocycles. The van der Waals surface area contributed by atoms with Gasteiger partial charge in [0.05, 0.1) is 12.1 Å². The van der Waals surface area contributed by atoms with Crippen LogP contribution in [0.15, 0.2) is 60.7 Å². The number of hydrogen-bond donors (Lipinski definition) is 2. The molecule has 26 heavy (non-hydrogen) atoms. The van der Waals surface area contributed by atoms with Gasteiger partial charge in [0.1, 0.15) is 0 Å². The molecule has 0 atom stereocenters. The first-order valence-electron chi connectivity index (χ1n) is 8.47. The minimum absolute atomic E-state index is 0.114. The summed E-state index contributed by atoms with van der Waals surface area (Å²) in [6, 6.07) is 18.5. The van der Waals surface area contributed by atoms with Gasteiger partial charge in [0.25, 0.3) is 11.8 Å². The van der Waals surface area contributed by atoms with Crippen molar-refractivity contribution in [1.82, 2.24) is 15.1 Å². The van der Waals surface area contributed by atoms with Gasteiger partial charge < -0.3 is 10.6 Å². The van der Waals surface area contributed by atoms with Gasteiger partial charge in [-0.2, -0.15) is 0 Å². The van der Waals surface area contributed by atoms with Gasteiger partial charge in [0.15, 0.2) is 5.82 Å². The molecular weight excluding hydrogens is 328 g/mol. The van der Waals surface area contributed by atoms with Crippen LogP contribution in [0, 0.1) is 0 Å². The Hall–Kier alpha value is -3.25. The van der Waals surface area contributed by atoms with E-state index in [9.17, 15) is 9.59 Å². The summed E-state index contributed by atoms with van der Waals surface area (Å²) in [5.74, 6) is 0.0945. The summed E-state index contributed by atoms with van der Waals surface area (Å²) >= 11 is 0. The molecule has 0 radical (unpaired) electrons. The lowest BCUT2D eigenvalue weighted by atomic mass is 10.1. The van der Waals surface area contributed by atoms with Crippen molar-refractivity contribution in [2.45, 2.75) is 19.5 Å². The molecule has 0 unspecified atom stereocenters. The topological polar surface area (TPSA) is 76.0 Å². The highest BCUT2D eigenvalue weighted by Crippen LogP contribution is 2.24. The average Bonchev–Trinajstić information content (AvgIpc) is 3.27. The first kappa shape index (κ1) is 16.2. The average molecular weight is 346 g/mol. The van der Waals surface area contributed by atoms with E-state index in [0.717, 1.165) is 16.8 Å². The lowest BCUT2D eigenvalue weighted by Gasteiger charge is -2.05. The number of carbonyl (C=O) groups is 2. The number of hydrogen-bond acceptors (Lipinski definition) is 4. The molecule has 0 fully saturated rings. The second kappa shape index (κ2) is 6.93. The van der Waals surface area contributed by atoms with Crippen molar-refractivity contribution in [3.05, 3.63) is 83.0 Å². The van der Waals surface area contributed by atoms with Crippen LogP contribution in [0.3, 0.4) is 0 Å². The first-order valence-corrected chi connectivity index (χ1v) is 8.47. The SMILES string of the molecule is O=C(Nc1nn(C(=O)Cc2ccccc2)c2c1CNC2)c1ccccc1. The second-order valence-corrected chi connectivity index (χ2v) is 6.17. The summed E-state index contributed by atoms with van der Waals surface area (Å²) in [7, 11) is 0. The third-order valence-electron chi connectivity index (χ3n) is 4.39. The van der Waals surface area contributed by atoms with Crippen LogP contribution in [0.4, 0.5) is 5.82 Å². The van der Waals surface area contributed by atoms with Gasteiger partial charge in [-0.25, -0.2) is 4.68 Å². The van der Waals surface area contributed by atoms with E-state index in [1.54, 1.807) is 12.1 Å². The van der Waals surface area contributed by atoms with Crippen LogP contribution in [0.1, 0.15) is 32.0 Å². The fraction of sp³-hybridized carbons (Fsp3) is 0.150. The predicted octanol–water partition coefficient (Wildman–Crippen LogP) is 2.62. The number of nitrogens with one attached hydrogen (secondary N) is 2. The molecule has 1 aromatic heterocycles. The van der Waals surface area contributed by atoms with Gasteiger partial charge >= 0.3 is 0 Å². The van der Waals surface area contributed by atoms with E-state index in [1.807, 2.05) is 48.5 Å². The van der Waals surface area contributed by atoms with Gasteiger partial charge in [-0.05, 0) is 17.7 Å². The maximum absolute atomic E-state index is 12.7. The summed E-state index contributed by atoms with van der Waals surface area (Å²) in [6.07, 6.45) is 0.265. The fourth-order valence-electron chi connectivity index (χ4n) is 3.08. The van der Waals surface area contributed by atoms with E-state index >= 15 is 0 Å². The molecule has 0 saturated carbocycles. The first-order chi connectivity index (χ1) is 12.7. The zero-order valence-corrected chi connectivity index (χ0v) is 14.1. The molecule has 130 valence electrons. The summed E-state index contributed by atoms with van der Waals surface area (Å²) in [5.41, 5.74) is 3.17. The maximum Gasteiger partial charge on any atom is 0.256 e. The molecule has 3 aromatic rings. The van der Waals surface area contributed by atoms with E-state index in [4.69, 9.17) is 0 Å². The molecule has 1 aliphatic rings. The zero-order chi connectivity index (χ0) is 17.9. The van der Waals surface area contributed by atoms with Crippen LogP contribution in [-0.2, 0) is 19.5 Å². The Morgan fingerprint density at radius 2 is 1.69 bits per heavy atom. The van der Waals surface area contributed by atoms with Crippen molar-refractivity contribution in [2.24, 2.45) is 0 Å². The van der Waals surface area contributed by atoms with E-state index in [1.165, 1.54) is 4.68 Å². The Labute approximate surface area is 150 Å². The Morgan fingerprint density at radius 3 is 2.42 bits per heavy atom. The largest absolute Gasteiger partial charge is 0.307 e. The molecule has 0 aliphatic carbocycles. The van der Waals surface area contributed by atoms with Crippen molar-refractivity contribution in [3.63, 3.8) is 0 Å². The molecule has 1 amide bonds. The number of benzene rings is 2. The van der Waals surface area contributed by atoms with Crippen molar-refractivity contribution in [1.29, 1.82) is 0 Å². The van der Waals surface area contributed by atoms with E-state index in [0.29, 0.717) is 24.5 Å². The van der Waals surface area contributed by atoms with Crippen LogP contribution in [0.25, 0.3) is 0 Å². The summed E-state index contributed by atoms with van der Waals surface area (Å²) in [6.45, 7) is 1.14. The number of nitrogens with zero attached hydrogens (tertiary/aromatic N) is 2.